The molecule has 53 heavy (non-hydrogen) atoms. The van der Waals surface area contributed by atoms with Gasteiger partial charge in [-0.05, 0) is 85.2 Å². The quantitative estimate of drug-likeness (QED) is 0.118. The van der Waals surface area contributed by atoms with Gasteiger partial charge in [0.2, 0.25) is 0 Å². The van der Waals surface area contributed by atoms with E-state index in [0.29, 0.717) is 46.1 Å². The molecule has 0 saturated carbocycles. The lowest BCUT2D eigenvalue weighted by Crippen LogP contribution is -2.39. The van der Waals surface area contributed by atoms with E-state index in [0.717, 1.165) is 62.3 Å². The first kappa shape index (κ1) is 38.0. The Bertz CT molecular complexity index is 1950. The molecule has 0 spiro atoms. The van der Waals surface area contributed by atoms with Crippen LogP contribution in [0.4, 0.5) is 10.1 Å². The number of nitriles is 1. The number of hydrogen-bond acceptors (Lipinski definition) is 9. The number of benzene rings is 3. The molecular formula is C41H45ClFN5O5. The molecule has 1 aromatic heterocycles. The fraction of sp³-hybridized carbons (Fsp3) is 0.390. The molecule has 0 radical (unpaired) electrons. The highest BCUT2D eigenvalue weighted by molar-refractivity contribution is 6.32. The molecule has 3 N–H and O–H groups in total. The Kier molecular flexibility index (Phi) is 12.8. The van der Waals surface area contributed by atoms with Gasteiger partial charge in [0.05, 0.1) is 17.2 Å². The van der Waals surface area contributed by atoms with E-state index in [4.69, 9.17) is 21.1 Å². The standard InChI is InChI=1S/C41H45ClFN5O5/c1-27-30(5-2-6-33(27)34-7-3-8-38-35(34)11-16-48(38)13-4-12-47-14-9-32(43)10-15-47)26-53-40-19-39(52-25-29-17-28(20-44)21-45-22-29)31(18-36(40)42)23-46-37(24-49)41(50)51/h2-3,5-8,17-19,21-22,32,37,46,49H,4,9-16,23-26H2,1H3,(H,50,51). The van der Waals surface area contributed by atoms with Crippen molar-refractivity contribution in [2.24, 2.45) is 0 Å². The zero-order valence-electron chi connectivity index (χ0n) is 29.9. The minimum Gasteiger partial charge on any atom is -0.488 e. The maximum Gasteiger partial charge on any atom is 0.323 e. The third-order valence-corrected chi connectivity index (χ3v) is 10.4. The van der Waals surface area contributed by atoms with Gasteiger partial charge in [0.25, 0.3) is 0 Å². The van der Waals surface area contributed by atoms with E-state index in [1.54, 1.807) is 24.4 Å². The predicted octanol–water partition coefficient (Wildman–Crippen LogP) is 6.46. The lowest BCUT2D eigenvalue weighted by atomic mass is 9.92. The number of alkyl halides is 1. The number of aromatic nitrogens is 1. The number of carbonyl (C=O) groups is 1. The Morgan fingerprint density at radius 1 is 1.04 bits per heavy atom. The van der Waals surface area contributed by atoms with E-state index in [9.17, 15) is 24.7 Å². The molecule has 4 aromatic rings. The molecular weight excluding hydrogens is 697 g/mol. The summed E-state index contributed by atoms with van der Waals surface area (Å²) in [4.78, 5) is 20.5. The number of carboxylic acid groups (broad SMARTS) is 1. The van der Waals surface area contributed by atoms with Crippen LogP contribution in [-0.4, -0.2) is 77.6 Å². The first-order valence-corrected chi connectivity index (χ1v) is 18.4. The molecule has 1 atom stereocenters. The molecule has 0 bridgehead atoms. The largest absolute Gasteiger partial charge is 0.488 e. The molecule has 3 aromatic carbocycles. The maximum absolute atomic E-state index is 13.6. The van der Waals surface area contributed by atoms with Crippen molar-refractivity contribution in [2.75, 3.05) is 44.2 Å². The summed E-state index contributed by atoms with van der Waals surface area (Å²) < 4.78 is 26.0. The van der Waals surface area contributed by atoms with Crippen LogP contribution in [0.25, 0.3) is 11.1 Å². The number of aliphatic hydroxyl groups excluding tert-OH is 1. The number of rotatable bonds is 16. The summed E-state index contributed by atoms with van der Waals surface area (Å²) in [7, 11) is 0. The number of ether oxygens (including phenoxy) is 2. The third-order valence-electron chi connectivity index (χ3n) is 10.1. The van der Waals surface area contributed by atoms with Crippen molar-refractivity contribution < 1.29 is 28.9 Å². The number of nitrogens with zero attached hydrogens (tertiary/aromatic N) is 4. The highest BCUT2D eigenvalue weighted by Crippen LogP contribution is 2.39. The summed E-state index contributed by atoms with van der Waals surface area (Å²) in [6, 6.07) is 18.7. The van der Waals surface area contributed by atoms with Crippen LogP contribution in [0.1, 0.15) is 52.6 Å². The number of anilines is 1. The van der Waals surface area contributed by atoms with Gasteiger partial charge in [-0.1, -0.05) is 41.9 Å². The molecule has 3 heterocycles. The summed E-state index contributed by atoms with van der Waals surface area (Å²) in [6.07, 6.45) is 5.74. The van der Waals surface area contributed by atoms with Crippen molar-refractivity contribution in [1.29, 1.82) is 5.26 Å². The van der Waals surface area contributed by atoms with Gasteiger partial charge in [-0.25, -0.2) is 4.39 Å². The Morgan fingerprint density at radius 2 is 1.81 bits per heavy atom. The second-order valence-corrected chi connectivity index (χ2v) is 14.0. The molecule has 12 heteroatoms. The zero-order valence-corrected chi connectivity index (χ0v) is 30.6. The Morgan fingerprint density at radius 3 is 2.58 bits per heavy atom. The van der Waals surface area contributed by atoms with Crippen molar-refractivity contribution in [2.45, 2.75) is 64.6 Å². The van der Waals surface area contributed by atoms with Gasteiger partial charge in [0, 0.05) is 68.0 Å². The SMILES string of the molecule is Cc1c(COc2cc(OCc3cncc(C#N)c3)c(CNC(CO)C(=O)O)cc2Cl)cccc1-c1cccc2c1CCN2CCCN1CCC(F)CC1. The van der Waals surface area contributed by atoms with E-state index in [-0.39, 0.29) is 19.8 Å². The highest BCUT2D eigenvalue weighted by Gasteiger charge is 2.24. The van der Waals surface area contributed by atoms with Crippen LogP contribution >= 0.6 is 11.6 Å². The number of fused-ring (bicyclic) bond motifs is 1. The van der Waals surface area contributed by atoms with E-state index >= 15 is 0 Å². The van der Waals surface area contributed by atoms with E-state index in [2.05, 4.69) is 57.4 Å². The number of likely N-dealkylation sites (tertiary alicyclic amines) is 1. The summed E-state index contributed by atoms with van der Waals surface area (Å²) in [5, 5.41) is 31.3. The second-order valence-electron chi connectivity index (χ2n) is 13.6. The summed E-state index contributed by atoms with van der Waals surface area (Å²) in [5.74, 6) is -0.389. The molecule has 278 valence electrons. The lowest BCUT2D eigenvalue weighted by Gasteiger charge is -2.29. The van der Waals surface area contributed by atoms with Gasteiger partial charge >= 0.3 is 5.97 Å². The van der Waals surface area contributed by atoms with Crippen molar-refractivity contribution in [3.63, 3.8) is 0 Å². The van der Waals surface area contributed by atoms with Gasteiger partial charge in [-0.15, -0.1) is 0 Å². The monoisotopic (exact) mass is 741 g/mol. The summed E-state index contributed by atoms with van der Waals surface area (Å²) >= 11 is 6.72. The highest BCUT2D eigenvalue weighted by atomic mass is 35.5. The Balaban J connectivity index is 1.17. The number of halogens is 2. The van der Waals surface area contributed by atoms with Gasteiger partial charge < -0.3 is 29.5 Å². The minimum absolute atomic E-state index is 0.0581. The minimum atomic E-state index is -1.18. The third kappa shape index (κ3) is 9.45. The molecule has 2 aliphatic rings. The first-order valence-electron chi connectivity index (χ1n) is 18.0. The van der Waals surface area contributed by atoms with Gasteiger partial charge in [0.1, 0.15) is 43.0 Å². The molecule has 6 rings (SSSR count). The van der Waals surface area contributed by atoms with E-state index in [1.165, 1.54) is 23.0 Å². The van der Waals surface area contributed by atoms with Crippen molar-refractivity contribution in [3.8, 4) is 28.7 Å². The molecule has 2 aliphatic heterocycles. The first-order chi connectivity index (χ1) is 25.7. The van der Waals surface area contributed by atoms with Crippen LogP contribution in [-0.2, 0) is 31.0 Å². The fourth-order valence-corrected chi connectivity index (χ4v) is 7.33. The molecule has 0 amide bonds. The molecule has 10 nitrogen and oxygen atoms in total. The van der Waals surface area contributed by atoms with E-state index in [1.807, 2.05) is 12.1 Å². The zero-order chi connectivity index (χ0) is 37.3. The number of nitrogens with one attached hydrogen (secondary N) is 1. The normalized spacial score (nSPS) is 15.2. The van der Waals surface area contributed by atoms with Crippen LogP contribution in [0.2, 0.25) is 5.02 Å². The number of pyridine rings is 1. The summed E-state index contributed by atoms with van der Waals surface area (Å²) in [6.45, 7) is 6.58. The average molecular weight is 742 g/mol. The maximum atomic E-state index is 13.6. The topological polar surface area (TPSA) is 131 Å². The molecule has 1 unspecified atom stereocenters. The smallest absolute Gasteiger partial charge is 0.323 e. The number of aliphatic carboxylic acids is 1. The Hall–Kier alpha value is -4.73. The van der Waals surface area contributed by atoms with Crippen LogP contribution in [0.3, 0.4) is 0 Å². The summed E-state index contributed by atoms with van der Waals surface area (Å²) in [5.41, 5.74) is 8.76. The molecule has 1 saturated heterocycles. The molecule has 1 fully saturated rings. The van der Waals surface area contributed by atoms with Crippen molar-refractivity contribution in [3.05, 3.63) is 105 Å². The number of carboxylic acids is 1. The van der Waals surface area contributed by atoms with Crippen molar-refractivity contribution >= 4 is 23.3 Å². The van der Waals surface area contributed by atoms with Crippen LogP contribution < -0.4 is 19.7 Å². The lowest BCUT2D eigenvalue weighted by molar-refractivity contribution is -0.140. The predicted molar refractivity (Wildman–Crippen MR) is 202 cm³/mol. The fourth-order valence-electron chi connectivity index (χ4n) is 7.09. The average Bonchev–Trinajstić information content (AvgIpc) is 3.58. The van der Waals surface area contributed by atoms with Crippen LogP contribution in [0, 0.1) is 18.3 Å². The van der Waals surface area contributed by atoms with Gasteiger partial charge in [-0.2, -0.15) is 5.26 Å². The van der Waals surface area contributed by atoms with Crippen LogP contribution in [0.15, 0.2) is 67.0 Å². The number of hydrogen-bond donors (Lipinski definition) is 3. The van der Waals surface area contributed by atoms with Gasteiger partial charge in [0.15, 0.2) is 0 Å². The number of aliphatic hydroxyl groups is 1. The molecule has 0 aliphatic carbocycles. The second kappa shape index (κ2) is 17.9. The van der Waals surface area contributed by atoms with Crippen LogP contribution in [0.5, 0.6) is 11.5 Å². The van der Waals surface area contributed by atoms with Gasteiger partial charge in [-0.3, -0.25) is 15.1 Å². The Labute approximate surface area is 314 Å². The van der Waals surface area contributed by atoms with E-state index < -0.39 is 24.8 Å². The number of piperidine rings is 1. The van der Waals surface area contributed by atoms with Crippen molar-refractivity contribution in [1.82, 2.24) is 15.2 Å².